The molecule has 2 aromatic carbocycles. The summed E-state index contributed by atoms with van der Waals surface area (Å²) in [6, 6.07) is 13.9. The molecule has 0 amide bonds. The fourth-order valence-corrected chi connectivity index (χ4v) is 4.51. The van der Waals surface area contributed by atoms with Gasteiger partial charge in [0.05, 0.1) is 10.6 Å². The molecule has 0 bridgehead atoms. The zero-order valence-electron chi connectivity index (χ0n) is 17.0. The molecule has 3 rings (SSSR count). The van der Waals surface area contributed by atoms with Crippen LogP contribution in [0.1, 0.15) is 25.3 Å². The molecule has 9 nitrogen and oxygen atoms in total. The number of nitrogens with one attached hydrogen (secondary N) is 2. The number of aromatic nitrogens is 2. The third-order valence-corrected chi connectivity index (χ3v) is 6.72. The normalized spacial score (nSPS) is 12.0. The Labute approximate surface area is 180 Å². The van der Waals surface area contributed by atoms with Crippen LogP contribution in [-0.4, -0.2) is 33.1 Å². The van der Waals surface area contributed by atoms with E-state index in [0.29, 0.717) is 5.56 Å². The SMILES string of the molecule is CC(C)c1ccccc1-c1cc(S(C)(=O)=O)nc(NS(=O)(=O)c2cccc([NH+]=O)c2)n1. The van der Waals surface area contributed by atoms with Crippen molar-refractivity contribution in [3.8, 4) is 11.3 Å². The third-order valence-electron chi connectivity index (χ3n) is 4.43. The Balaban J connectivity index is 2.15. The number of sulfone groups is 1. The highest BCUT2D eigenvalue weighted by Gasteiger charge is 2.22. The molecule has 0 saturated heterocycles. The van der Waals surface area contributed by atoms with E-state index in [1.807, 2.05) is 26.0 Å². The first-order valence-electron chi connectivity index (χ1n) is 9.21. The van der Waals surface area contributed by atoms with Gasteiger partial charge in [0.25, 0.3) is 15.7 Å². The molecule has 2 N–H and O–H groups in total. The van der Waals surface area contributed by atoms with Crippen LogP contribution in [0.5, 0.6) is 0 Å². The quantitative estimate of drug-likeness (QED) is 0.513. The van der Waals surface area contributed by atoms with Crippen LogP contribution < -0.4 is 9.90 Å². The maximum Gasteiger partial charge on any atom is 0.264 e. The van der Waals surface area contributed by atoms with E-state index in [0.717, 1.165) is 17.9 Å². The highest BCUT2D eigenvalue weighted by molar-refractivity contribution is 7.92. The Morgan fingerprint density at radius 3 is 2.29 bits per heavy atom. The fourth-order valence-electron chi connectivity index (χ4n) is 2.94. The maximum absolute atomic E-state index is 12.8. The van der Waals surface area contributed by atoms with Crippen molar-refractivity contribution in [3.05, 3.63) is 65.1 Å². The summed E-state index contributed by atoms with van der Waals surface area (Å²) in [5.41, 5.74) is 1.92. The standard InChI is InChI=1S/C20H20N4O5S2/c1-13(2)16-9-4-5-10-17(16)18-12-19(30(3,26)27)22-20(21-18)24-31(28,29)15-8-6-7-14(11-15)23-25/h4-13H,1-3H3,(H,21,22,24)/p+1. The fraction of sp³-hybridized carbons (Fsp3) is 0.200. The number of benzene rings is 2. The van der Waals surface area contributed by atoms with Gasteiger partial charge in [0.1, 0.15) is 0 Å². The molecule has 0 aliphatic heterocycles. The van der Waals surface area contributed by atoms with Crippen molar-refractivity contribution in [2.24, 2.45) is 0 Å². The number of anilines is 1. The monoisotopic (exact) mass is 461 g/mol. The van der Waals surface area contributed by atoms with E-state index in [4.69, 9.17) is 0 Å². The molecular weight excluding hydrogens is 440 g/mol. The first-order valence-corrected chi connectivity index (χ1v) is 12.6. The Bertz CT molecular complexity index is 1350. The van der Waals surface area contributed by atoms with E-state index >= 15 is 0 Å². The number of rotatable bonds is 7. The average molecular weight is 462 g/mol. The first kappa shape index (κ1) is 22.5. The minimum atomic E-state index is -4.18. The van der Waals surface area contributed by atoms with Gasteiger partial charge < -0.3 is 0 Å². The van der Waals surface area contributed by atoms with Crippen molar-refractivity contribution in [1.82, 2.24) is 9.97 Å². The summed E-state index contributed by atoms with van der Waals surface area (Å²) in [6.07, 6.45) is 0.981. The summed E-state index contributed by atoms with van der Waals surface area (Å²) in [7, 11) is -7.94. The lowest BCUT2D eigenvalue weighted by molar-refractivity contribution is -0.379. The predicted molar refractivity (Wildman–Crippen MR) is 116 cm³/mol. The zero-order chi connectivity index (χ0) is 22.8. The van der Waals surface area contributed by atoms with Crippen LogP contribution in [0.4, 0.5) is 11.6 Å². The van der Waals surface area contributed by atoms with E-state index < -0.39 is 25.8 Å². The topological polar surface area (TPSA) is 137 Å². The summed E-state index contributed by atoms with van der Waals surface area (Å²) < 4.78 is 52.2. The van der Waals surface area contributed by atoms with Gasteiger partial charge in [0.15, 0.2) is 14.9 Å². The molecule has 0 spiro atoms. The average Bonchev–Trinajstić information content (AvgIpc) is 2.72. The molecular formula is C20H21N4O5S2+. The Morgan fingerprint density at radius 2 is 1.65 bits per heavy atom. The highest BCUT2D eigenvalue weighted by atomic mass is 32.2. The summed E-state index contributed by atoms with van der Waals surface area (Å²) >= 11 is 0. The van der Waals surface area contributed by atoms with Crippen molar-refractivity contribution in [2.45, 2.75) is 29.7 Å². The van der Waals surface area contributed by atoms with Crippen LogP contribution >= 0.6 is 0 Å². The molecule has 0 radical (unpaired) electrons. The summed E-state index contributed by atoms with van der Waals surface area (Å²) in [6.45, 7) is 3.97. The molecule has 11 heteroatoms. The molecule has 0 saturated carbocycles. The van der Waals surface area contributed by atoms with Crippen molar-refractivity contribution in [2.75, 3.05) is 11.0 Å². The lowest BCUT2D eigenvalue weighted by Crippen LogP contribution is -2.55. The molecule has 3 aromatic rings. The van der Waals surface area contributed by atoms with Gasteiger partial charge in [0, 0.05) is 40.1 Å². The molecule has 0 atom stereocenters. The van der Waals surface area contributed by atoms with E-state index in [9.17, 15) is 21.7 Å². The van der Waals surface area contributed by atoms with Crippen LogP contribution in [0.3, 0.4) is 0 Å². The minimum Gasteiger partial charge on any atom is -0.247 e. The van der Waals surface area contributed by atoms with Gasteiger partial charge >= 0.3 is 0 Å². The second-order valence-electron chi connectivity index (χ2n) is 7.16. The minimum absolute atomic E-state index is 0.0558. The Hall–Kier alpha value is -3.18. The van der Waals surface area contributed by atoms with Gasteiger partial charge in [-0.05, 0) is 17.5 Å². The highest BCUT2D eigenvalue weighted by Crippen LogP contribution is 2.30. The van der Waals surface area contributed by atoms with E-state index in [1.165, 1.54) is 24.3 Å². The second-order valence-corrected chi connectivity index (χ2v) is 10.8. The van der Waals surface area contributed by atoms with Crippen molar-refractivity contribution in [3.63, 3.8) is 0 Å². The summed E-state index contributed by atoms with van der Waals surface area (Å²) in [5.74, 6) is -0.271. The van der Waals surface area contributed by atoms with Gasteiger partial charge in [-0.15, -0.1) is 0 Å². The Kier molecular flexibility index (Phi) is 6.18. The van der Waals surface area contributed by atoms with Crippen LogP contribution in [0.2, 0.25) is 0 Å². The van der Waals surface area contributed by atoms with Gasteiger partial charge in [0.2, 0.25) is 5.95 Å². The molecule has 31 heavy (non-hydrogen) atoms. The number of sulfonamides is 1. The molecule has 0 fully saturated rings. The van der Waals surface area contributed by atoms with Crippen molar-refractivity contribution >= 4 is 31.5 Å². The second kappa shape index (κ2) is 8.52. The smallest absolute Gasteiger partial charge is 0.247 e. The number of hydrogen-bond donors (Lipinski definition) is 2. The summed E-state index contributed by atoms with van der Waals surface area (Å²) in [5, 5.41) is 1.31. The summed E-state index contributed by atoms with van der Waals surface area (Å²) in [4.78, 5) is 18.8. The number of hydrogen-bond acceptors (Lipinski definition) is 7. The first-order chi connectivity index (χ1) is 14.5. The van der Waals surface area contributed by atoms with Gasteiger partial charge in [-0.2, -0.15) is 0 Å². The lowest BCUT2D eigenvalue weighted by atomic mass is 9.95. The predicted octanol–water partition coefficient (Wildman–Crippen LogP) is 1.95. The number of nitrogens with zero attached hydrogens (tertiary/aromatic N) is 2. The van der Waals surface area contributed by atoms with Gasteiger partial charge in [-0.25, -0.2) is 31.5 Å². The third kappa shape index (κ3) is 5.12. The maximum atomic E-state index is 12.8. The van der Waals surface area contributed by atoms with E-state index in [1.54, 1.807) is 17.3 Å². The molecule has 0 unspecified atom stereocenters. The van der Waals surface area contributed by atoms with E-state index in [-0.39, 0.29) is 27.2 Å². The largest absolute Gasteiger partial charge is 0.264 e. The van der Waals surface area contributed by atoms with Crippen LogP contribution in [0.15, 0.2) is 64.5 Å². The number of nitroso groups, excluding NO2 is 1. The van der Waals surface area contributed by atoms with Gasteiger partial charge in [-0.1, -0.05) is 44.2 Å². The Morgan fingerprint density at radius 1 is 0.935 bits per heavy atom. The van der Waals surface area contributed by atoms with Crippen LogP contribution in [0.25, 0.3) is 11.3 Å². The molecule has 0 aliphatic carbocycles. The van der Waals surface area contributed by atoms with Crippen molar-refractivity contribution < 1.29 is 22.0 Å². The van der Waals surface area contributed by atoms with Gasteiger partial charge in [-0.3, -0.25) is 0 Å². The molecule has 1 aromatic heterocycles. The molecule has 1 heterocycles. The molecule has 0 aliphatic rings. The van der Waals surface area contributed by atoms with E-state index in [2.05, 4.69) is 14.7 Å². The lowest BCUT2D eigenvalue weighted by Gasteiger charge is -2.14. The zero-order valence-corrected chi connectivity index (χ0v) is 18.7. The van der Waals surface area contributed by atoms with Crippen LogP contribution in [-0.2, 0) is 19.9 Å². The molecule has 162 valence electrons. The van der Waals surface area contributed by atoms with Crippen molar-refractivity contribution in [1.29, 1.82) is 0 Å². The van der Waals surface area contributed by atoms with Crippen LogP contribution in [0, 0.1) is 4.91 Å².